The van der Waals surface area contributed by atoms with Crippen molar-refractivity contribution in [1.82, 2.24) is 15.2 Å². The number of nitrogens with zero attached hydrogens (tertiary/aromatic N) is 1. The van der Waals surface area contributed by atoms with E-state index in [1.54, 1.807) is 27.8 Å². The molecular weight excluding hydrogens is 254 g/mol. The first kappa shape index (κ1) is 15.1. The second kappa shape index (κ2) is 6.31. The Morgan fingerprint density at radius 1 is 1.39 bits per heavy atom. The van der Waals surface area contributed by atoms with Crippen molar-refractivity contribution in [2.75, 3.05) is 19.3 Å². The van der Waals surface area contributed by atoms with Crippen LogP contribution in [0.4, 0.5) is 0 Å². The summed E-state index contributed by atoms with van der Waals surface area (Å²) in [5.41, 5.74) is 1.53. The van der Waals surface area contributed by atoms with Gasteiger partial charge < -0.3 is 9.84 Å². The van der Waals surface area contributed by atoms with Crippen LogP contribution >= 0.6 is 0 Å². The summed E-state index contributed by atoms with van der Waals surface area (Å²) in [5.74, 6) is 0.764. The van der Waals surface area contributed by atoms with Crippen LogP contribution in [0.5, 0.6) is 0 Å². The Kier molecular flexibility index (Phi) is 5.30. The molecule has 0 bridgehead atoms. The van der Waals surface area contributed by atoms with Gasteiger partial charge in [0.25, 0.3) is 0 Å². The average Bonchev–Trinajstić information content (AvgIpc) is 2.58. The van der Waals surface area contributed by atoms with Crippen LogP contribution in [-0.2, 0) is 10.0 Å². The third-order valence-corrected chi connectivity index (χ3v) is 4.26. The SMILES string of the molecule is CNCCCS(=O)(=O)NC(C)c1c(C)noc1C. The number of sulfonamides is 1. The molecule has 0 radical (unpaired) electrons. The fraction of sp³-hybridized carbons (Fsp3) is 0.727. The Labute approximate surface area is 108 Å². The van der Waals surface area contributed by atoms with Crippen molar-refractivity contribution in [3.8, 4) is 0 Å². The molecule has 18 heavy (non-hydrogen) atoms. The highest BCUT2D eigenvalue weighted by molar-refractivity contribution is 7.89. The van der Waals surface area contributed by atoms with E-state index in [1.807, 2.05) is 0 Å². The summed E-state index contributed by atoms with van der Waals surface area (Å²) >= 11 is 0. The quantitative estimate of drug-likeness (QED) is 0.722. The zero-order valence-corrected chi connectivity index (χ0v) is 12.1. The standard InChI is InChI=1S/C11H21N3O3S/c1-8-11(10(3)17-13-8)9(2)14-18(15,16)7-5-6-12-4/h9,12,14H,5-7H2,1-4H3. The number of nitrogens with one attached hydrogen (secondary N) is 2. The Morgan fingerprint density at radius 3 is 2.56 bits per heavy atom. The first-order chi connectivity index (χ1) is 8.37. The highest BCUT2D eigenvalue weighted by atomic mass is 32.2. The van der Waals surface area contributed by atoms with Crippen LogP contribution in [0.3, 0.4) is 0 Å². The minimum Gasteiger partial charge on any atom is -0.361 e. The van der Waals surface area contributed by atoms with Gasteiger partial charge in [-0.1, -0.05) is 5.16 Å². The maximum absolute atomic E-state index is 11.8. The van der Waals surface area contributed by atoms with Crippen molar-refractivity contribution in [1.29, 1.82) is 0 Å². The monoisotopic (exact) mass is 275 g/mol. The lowest BCUT2D eigenvalue weighted by Crippen LogP contribution is -2.30. The zero-order chi connectivity index (χ0) is 13.8. The maximum atomic E-state index is 11.8. The largest absolute Gasteiger partial charge is 0.361 e. The number of aryl methyl sites for hydroxylation is 2. The Hall–Kier alpha value is -0.920. The topological polar surface area (TPSA) is 84.2 Å². The molecule has 1 aromatic heterocycles. The number of rotatable bonds is 7. The van der Waals surface area contributed by atoms with Crippen molar-refractivity contribution in [2.24, 2.45) is 0 Å². The summed E-state index contributed by atoms with van der Waals surface area (Å²) in [6.45, 7) is 6.06. The van der Waals surface area contributed by atoms with Crippen LogP contribution in [0.25, 0.3) is 0 Å². The van der Waals surface area contributed by atoms with Crippen LogP contribution in [0.2, 0.25) is 0 Å². The Bertz CT molecular complexity index is 462. The van der Waals surface area contributed by atoms with Crippen LogP contribution in [0.1, 0.15) is 36.4 Å². The van der Waals surface area contributed by atoms with Crippen molar-refractivity contribution in [3.05, 3.63) is 17.0 Å². The van der Waals surface area contributed by atoms with Crippen LogP contribution in [0.15, 0.2) is 4.52 Å². The summed E-state index contributed by atoms with van der Waals surface area (Å²) < 4.78 is 31.4. The third-order valence-electron chi connectivity index (χ3n) is 2.72. The van der Waals surface area contributed by atoms with Gasteiger partial charge in [-0.25, -0.2) is 13.1 Å². The van der Waals surface area contributed by atoms with E-state index in [1.165, 1.54) is 0 Å². The Morgan fingerprint density at radius 2 is 2.06 bits per heavy atom. The summed E-state index contributed by atoms with van der Waals surface area (Å²) in [7, 11) is -1.47. The van der Waals surface area contributed by atoms with Crippen LogP contribution < -0.4 is 10.0 Å². The van der Waals surface area contributed by atoms with Crippen molar-refractivity contribution >= 4 is 10.0 Å². The van der Waals surface area contributed by atoms with Gasteiger partial charge >= 0.3 is 0 Å². The lowest BCUT2D eigenvalue weighted by molar-refractivity contribution is 0.391. The van der Waals surface area contributed by atoms with Gasteiger partial charge in [0.2, 0.25) is 10.0 Å². The van der Waals surface area contributed by atoms with Crippen molar-refractivity contribution in [2.45, 2.75) is 33.2 Å². The van der Waals surface area contributed by atoms with Gasteiger partial charge in [-0.3, -0.25) is 0 Å². The van der Waals surface area contributed by atoms with Crippen molar-refractivity contribution in [3.63, 3.8) is 0 Å². The van der Waals surface area contributed by atoms with Crippen molar-refractivity contribution < 1.29 is 12.9 Å². The fourth-order valence-electron chi connectivity index (χ4n) is 1.93. The molecule has 6 nitrogen and oxygen atoms in total. The van der Waals surface area contributed by atoms with Crippen LogP contribution in [-0.4, -0.2) is 32.9 Å². The van der Waals surface area contributed by atoms with Crippen LogP contribution in [0, 0.1) is 13.8 Å². The van der Waals surface area contributed by atoms with E-state index < -0.39 is 10.0 Å². The molecule has 0 saturated carbocycles. The molecule has 0 aliphatic heterocycles. The normalized spacial score (nSPS) is 13.8. The molecule has 1 atom stereocenters. The van der Waals surface area contributed by atoms with Gasteiger partial charge in [-0.15, -0.1) is 0 Å². The molecule has 1 heterocycles. The highest BCUT2D eigenvalue weighted by Gasteiger charge is 2.21. The number of hydrogen-bond donors (Lipinski definition) is 2. The third kappa shape index (κ3) is 4.08. The molecule has 0 spiro atoms. The van der Waals surface area contributed by atoms with Gasteiger partial charge in [0.05, 0.1) is 11.4 Å². The molecular formula is C11H21N3O3S. The van der Waals surface area contributed by atoms with E-state index in [0.717, 1.165) is 11.3 Å². The second-order valence-corrected chi connectivity index (χ2v) is 6.23. The predicted octanol–water partition coefficient (Wildman–Crippen LogP) is 0.881. The minimum absolute atomic E-state index is 0.113. The van der Waals surface area contributed by atoms with E-state index in [4.69, 9.17) is 4.52 Å². The van der Waals surface area contributed by atoms with Gasteiger partial charge in [0.15, 0.2) is 0 Å². The molecule has 0 saturated heterocycles. The smallest absolute Gasteiger partial charge is 0.212 e. The van der Waals surface area contributed by atoms with Gasteiger partial charge in [0.1, 0.15) is 5.76 Å². The Balaban J connectivity index is 2.67. The number of aromatic nitrogens is 1. The lowest BCUT2D eigenvalue weighted by Gasteiger charge is -2.14. The molecule has 104 valence electrons. The summed E-state index contributed by atoms with van der Waals surface area (Å²) in [5, 5.41) is 6.75. The van der Waals surface area contributed by atoms with E-state index in [-0.39, 0.29) is 11.8 Å². The molecule has 0 aliphatic carbocycles. The molecule has 7 heteroatoms. The van der Waals surface area contributed by atoms with E-state index in [2.05, 4.69) is 15.2 Å². The fourth-order valence-corrected chi connectivity index (χ4v) is 3.23. The highest BCUT2D eigenvalue weighted by Crippen LogP contribution is 2.21. The minimum atomic E-state index is -3.27. The molecule has 0 amide bonds. The molecule has 2 N–H and O–H groups in total. The van der Waals surface area contributed by atoms with Gasteiger partial charge in [-0.05, 0) is 40.8 Å². The summed E-state index contributed by atoms with van der Waals surface area (Å²) in [4.78, 5) is 0. The molecule has 0 aliphatic rings. The van der Waals surface area contributed by atoms with E-state index in [9.17, 15) is 8.42 Å². The lowest BCUT2D eigenvalue weighted by atomic mass is 10.1. The molecule has 0 aromatic carbocycles. The van der Waals surface area contributed by atoms with E-state index >= 15 is 0 Å². The molecule has 1 aromatic rings. The van der Waals surface area contributed by atoms with Gasteiger partial charge in [0, 0.05) is 11.6 Å². The number of hydrogen-bond acceptors (Lipinski definition) is 5. The van der Waals surface area contributed by atoms with Gasteiger partial charge in [-0.2, -0.15) is 0 Å². The average molecular weight is 275 g/mol. The first-order valence-corrected chi connectivity index (χ1v) is 7.60. The maximum Gasteiger partial charge on any atom is 0.212 e. The molecule has 1 rings (SSSR count). The second-order valence-electron chi connectivity index (χ2n) is 4.35. The zero-order valence-electron chi connectivity index (χ0n) is 11.3. The molecule has 1 unspecified atom stereocenters. The molecule has 0 fully saturated rings. The van der Waals surface area contributed by atoms with E-state index in [0.29, 0.717) is 18.7 Å². The first-order valence-electron chi connectivity index (χ1n) is 5.94. The summed E-state index contributed by atoms with van der Waals surface area (Å²) in [6, 6.07) is -0.323. The summed E-state index contributed by atoms with van der Waals surface area (Å²) in [6.07, 6.45) is 0.583. The predicted molar refractivity (Wildman–Crippen MR) is 69.9 cm³/mol.